The third-order valence-electron chi connectivity index (χ3n) is 3.51. The summed E-state index contributed by atoms with van der Waals surface area (Å²) in [5.41, 5.74) is 5.47. The zero-order valence-electron chi connectivity index (χ0n) is 14.1. The van der Waals surface area contributed by atoms with Crippen molar-refractivity contribution in [1.82, 2.24) is 5.43 Å². The maximum Gasteiger partial charge on any atom is 0.240 e. The van der Waals surface area contributed by atoms with E-state index < -0.39 is 0 Å². The molecule has 126 valence electrons. The number of anilines is 1. The Morgan fingerprint density at radius 1 is 1.04 bits per heavy atom. The lowest BCUT2D eigenvalue weighted by Gasteiger charge is -2.07. The average Bonchev–Trinajstić information content (AvgIpc) is 2.94. The van der Waals surface area contributed by atoms with Crippen molar-refractivity contribution >= 4 is 35.1 Å². The molecule has 1 heterocycles. The summed E-state index contributed by atoms with van der Waals surface area (Å²) in [6, 6.07) is 9.66. The second kappa shape index (κ2) is 8.40. The van der Waals surface area contributed by atoms with Gasteiger partial charge in [0, 0.05) is 28.3 Å². The maximum absolute atomic E-state index is 11.9. The molecule has 0 aliphatic rings. The van der Waals surface area contributed by atoms with Gasteiger partial charge in [0.05, 0.1) is 6.21 Å². The van der Waals surface area contributed by atoms with E-state index in [0.29, 0.717) is 0 Å². The van der Waals surface area contributed by atoms with Gasteiger partial charge in [0.1, 0.15) is 0 Å². The number of thiophene rings is 1. The number of hydrogen-bond acceptors (Lipinski definition) is 4. The van der Waals surface area contributed by atoms with Crippen LogP contribution in [0, 0.1) is 20.8 Å². The smallest absolute Gasteiger partial charge is 0.240 e. The van der Waals surface area contributed by atoms with Gasteiger partial charge in [0.25, 0.3) is 0 Å². The molecule has 0 saturated heterocycles. The van der Waals surface area contributed by atoms with Gasteiger partial charge in [-0.05, 0) is 56.2 Å². The number of carbonyl (C=O) groups excluding carboxylic acids is 2. The lowest BCUT2D eigenvalue weighted by molar-refractivity contribution is -0.124. The molecule has 5 nitrogen and oxygen atoms in total. The van der Waals surface area contributed by atoms with E-state index in [0.717, 1.165) is 16.1 Å². The van der Waals surface area contributed by atoms with Gasteiger partial charge in [-0.1, -0.05) is 6.07 Å². The maximum atomic E-state index is 11.9. The van der Waals surface area contributed by atoms with Gasteiger partial charge in [-0.2, -0.15) is 5.10 Å². The number of hydrogen-bond donors (Lipinski definition) is 2. The quantitative estimate of drug-likeness (QED) is 0.622. The summed E-state index contributed by atoms with van der Waals surface area (Å²) >= 11 is 1.60. The Balaban J connectivity index is 1.73. The first-order chi connectivity index (χ1) is 11.4. The molecule has 24 heavy (non-hydrogen) atoms. The summed E-state index contributed by atoms with van der Waals surface area (Å²) in [7, 11) is 0. The highest BCUT2D eigenvalue weighted by atomic mass is 32.1. The van der Waals surface area contributed by atoms with E-state index in [-0.39, 0.29) is 24.7 Å². The Labute approximate surface area is 145 Å². The first-order valence-corrected chi connectivity index (χ1v) is 8.51. The van der Waals surface area contributed by atoms with Crippen LogP contribution in [0.1, 0.15) is 33.7 Å². The number of nitrogens with zero attached hydrogens (tertiary/aromatic N) is 1. The number of hydrazone groups is 1. The number of aryl methyl sites for hydroxylation is 3. The molecular weight excluding hydrogens is 322 g/mol. The first-order valence-electron chi connectivity index (χ1n) is 7.69. The zero-order valence-corrected chi connectivity index (χ0v) is 14.9. The third kappa shape index (κ3) is 5.62. The van der Waals surface area contributed by atoms with Gasteiger partial charge >= 0.3 is 0 Å². The predicted octanol–water partition coefficient (Wildman–Crippen LogP) is 3.54. The van der Waals surface area contributed by atoms with Crippen LogP contribution in [-0.4, -0.2) is 18.0 Å². The predicted molar refractivity (Wildman–Crippen MR) is 98.6 cm³/mol. The summed E-state index contributed by atoms with van der Waals surface area (Å²) in [6.45, 7) is 6.02. The lowest BCUT2D eigenvalue weighted by atomic mass is 10.1. The molecule has 2 amide bonds. The molecule has 0 spiro atoms. The van der Waals surface area contributed by atoms with E-state index in [2.05, 4.69) is 15.8 Å². The fourth-order valence-corrected chi connectivity index (χ4v) is 2.77. The molecule has 0 radical (unpaired) electrons. The summed E-state index contributed by atoms with van der Waals surface area (Å²) in [5.74, 6) is -0.471. The Hall–Kier alpha value is -2.47. The van der Waals surface area contributed by atoms with Crippen molar-refractivity contribution in [3.63, 3.8) is 0 Å². The van der Waals surface area contributed by atoms with Gasteiger partial charge in [-0.3, -0.25) is 9.59 Å². The second-order valence-corrected chi connectivity index (χ2v) is 6.91. The summed E-state index contributed by atoms with van der Waals surface area (Å²) in [5, 5.41) is 6.69. The molecular formula is C18H21N3O2S. The summed E-state index contributed by atoms with van der Waals surface area (Å²) < 4.78 is 0. The molecule has 2 aromatic rings. The molecule has 0 bridgehead atoms. The molecule has 6 heteroatoms. The molecule has 2 rings (SSSR count). The van der Waals surface area contributed by atoms with Gasteiger partial charge < -0.3 is 5.32 Å². The minimum atomic E-state index is -0.283. The van der Waals surface area contributed by atoms with Crippen LogP contribution >= 0.6 is 11.3 Å². The summed E-state index contributed by atoms with van der Waals surface area (Å²) in [6.07, 6.45) is 1.81. The van der Waals surface area contributed by atoms with Crippen LogP contribution in [0.15, 0.2) is 35.4 Å². The highest BCUT2D eigenvalue weighted by Gasteiger charge is 2.07. The van der Waals surface area contributed by atoms with Crippen LogP contribution in [0.25, 0.3) is 0 Å². The van der Waals surface area contributed by atoms with Crippen LogP contribution in [0.3, 0.4) is 0 Å². The van der Waals surface area contributed by atoms with Crippen molar-refractivity contribution < 1.29 is 9.59 Å². The summed E-state index contributed by atoms with van der Waals surface area (Å²) in [4.78, 5) is 25.7. The Morgan fingerprint density at radius 2 is 1.79 bits per heavy atom. The molecule has 2 N–H and O–H groups in total. The second-order valence-electron chi connectivity index (χ2n) is 5.59. The van der Waals surface area contributed by atoms with Crippen molar-refractivity contribution in [2.24, 2.45) is 5.10 Å². The van der Waals surface area contributed by atoms with E-state index in [9.17, 15) is 9.59 Å². The normalized spacial score (nSPS) is 10.8. The van der Waals surface area contributed by atoms with Gasteiger partial charge in [0.2, 0.25) is 11.8 Å². The van der Waals surface area contributed by atoms with Crippen molar-refractivity contribution in [1.29, 1.82) is 0 Å². The number of rotatable bonds is 6. The molecule has 0 unspecified atom stereocenters. The molecule has 1 aromatic carbocycles. The number of nitrogens with one attached hydrogen (secondary N) is 2. The Morgan fingerprint density at radius 3 is 2.46 bits per heavy atom. The van der Waals surface area contributed by atoms with Crippen LogP contribution in [-0.2, 0) is 9.59 Å². The third-order valence-corrected chi connectivity index (χ3v) is 4.45. The van der Waals surface area contributed by atoms with Gasteiger partial charge in [-0.25, -0.2) is 5.43 Å². The number of carbonyl (C=O) groups is 2. The average molecular weight is 343 g/mol. The topological polar surface area (TPSA) is 70.6 Å². The van der Waals surface area contributed by atoms with Crippen molar-refractivity contribution in [2.75, 3.05) is 5.32 Å². The van der Waals surface area contributed by atoms with Crippen molar-refractivity contribution in [3.05, 3.63) is 51.2 Å². The molecule has 0 fully saturated rings. The van der Waals surface area contributed by atoms with Crippen molar-refractivity contribution in [2.45, 2.75) is 33.6 Å². The van der Waals surface area contributed by atoms with E-state index in [1.165, 1.54) is 10.4 Å². The SMILES string of the molecule is Cc1ccc(/C=N/NC(=O)CCC(=O)Nc2ccc(C)c(C)c2)s1. The Kier molecular flexibility index (Phi) is 6.26. The van der Waals surface area contributed by atoms with E-state index in [1.807, 2.05) is 51.1 Å². The first kappa shape index (κ1) is 17.9. The minimum absolute atomic E-state index is 0.0947. The van der Waals surface area contributed by atoms with Crippen LogP contribution in [0.4, 0.5) is 5.69 Å². The monoisotopic (exact) mass is 343 g/mol. The lowest BCUT2D eigenvalue weighted by Crippen LogP contribution is -2.20. The standard InChI is InChI=1S/C18H21N3O2S/c1-12-4-6-15(10-13(12)2)20-17(22)8-9-18(23)21-19-11-16-7-5-14(3)24-16/h4-7,10-11H,8-9H2,1-3H3,(H,20,22)(H,21,23)/b19-11+. The van der Waals surface area contributed by atoms with Crippen molar-refractivity contribution in [3.8, 4) is 0 Å². The van der Waals surface area contributed by atoms with Gasteiger partial charge in [0.15, 0.2) is 0 Å². The van der Waals surface area contributed by atoms with E-state index in [4.69, 9.17) is 0 Å². The van der Waals surface area contributed by atoms with Crippen LogP contribution in [0.2, 0.25) is 0 Å². The van der Waals surface area contributed by atoms with Crippen LogP contribution in [0.5, 0.6) is 0 Å². The largest absolute Gasteiger partial charge is 0.326 e. The van der Waals surface area contributed by atoms with E-state index >= 15 is 0 Å². The zero-order chi connectivity index (χ0) is 17.5. The van der Waals surface area contributed by atoms with Gasteiger partial charge in [-0.15, -0.1) is 11.3 Å². The molecule has 0 saturated carbocycles. The molecule has 0 aliphatic carbocycles. The highest BCUT2D eigenvalue weighted by Crippen LogP contribution is 2.14. The highest BCUT2D eigenvalue weighted by molar-refractivity contribution is 7.13. The molecule has 0 atom stereocenters. The fraction of sp³-hybridized carbons (Fsp3) is 0.278. The number of amides is 2. The molecule has 0 aliphatic heterocycles. The van der Waals surface area contributed by atoms with Crippen LogP contribution < -0.4 is 10.7 Å². The Bertz CT molecular complexity index is 765. The minimum Gasteiger partial charge on any atom is -0.326 e. The molecule has 1 aromatic heterocycles. The number of benzene rings is 1. The van der Waals surface area contributed by atoms with E-state index in [1.54, 1.807) is 17.6 Å². The fourth-order valence-electron chi connectivity index (χ4n) is 2.02.